The molecule has 0 radical (unpaired) electrons. The fourth-order valence-electron chi connectivity index (χ4n) is 4.33. The van der Waals surface area contributed by atoms with E-state index in [4.69, 9.17) is 14.6 Å². The van der Waals surface area contributed by atoms with Crippen LogP contribution in [0.5, 0.6) is 23.0 Å². The van der Waals surface area contributed by atoms with Crippen molar-refractivity contribution in [2.24, 2.45) is 0 Å². The zero-order valence-corrected chi connectivity index (χ0v) is 22.5. The molecule has 0 unspecified atom stereocenters. The molecule has 5 rings (SSSR count). The first-order valence-corrected chi connectivity index (χ1v) is 13.6. The number of benzene rings is 3. The molecular weight excluding hydrogens is 556 g/mol. The fraction of sp³-hybridized carbons (Fsp3) is 0.250. The van der Waals surface area contributed by atoms with E-state index in [2.05, 4.69) is 20.8 Å². The number of aliphatic carboxylic acids is 1. The second-order valence-electron chi connectivity index (χ2n) is 8.88. The summed E-state index contributed by atoms with van der Waals surface area (Å²) < 4.78 is 14.3. The van der Waals surface area contributed by atoms with Gasteiger partial charge >= 0.3 is 5.97 Å². The predicted molar refractivity (Wildman–Crippen MR) is 149 cm³/mol. The molecule has 4 aromatic rings. The molecule has 3 aromatic carbocycles. The van der Waals surface area contributed by atoms with Gasteiger partial charge in [0.05, 0.1) is 11.4 Å². The lowest BCUT2D eigenvalue weighted by Gasteiger charge is -2.33. The van der Waals surface area contributed by atoms with E-state index in [0.29, 0.717) is 12.4 Å². The summed E-state index contributed by atoms with van der Waals surface area (Å²) in [7, 11) is 0. The number of ether oxygens (including phenoxy) is 2. The first-order valence-electron chi connectivity index (χ1n) is 12.0. The molecular formula is C28H27BrN2O5S. The van der Waals surface area contributed by atoms with Gasteiger partial charge in [0.1, 0.15) is 23.9 Å². The largest absolute Gasteiger partial charge is 0.508 e. The fourth-order valence-corrected chi connectivity index (χ4v) is 5.76. The molecule has 37 heavy (non-hydrogen) atoms. The Labute approximate surface area is 227 Å². The lowest BCUT2D eigenvalue weighted by Crippen LogP contribution is -2.48. The van der Waals surface area contributed by atoms with Crippen LogP contribution < -0.4 is 9.47 Å². The average Bonchev–Trinajstić information content (AvgIpc) is 3.23. The van der Waals surface area contributed by atoms with E-state index in [1.54, 1.807) is 23.5 Å². The van der Waals surface area contributed by atoms with Gasteiger partial charge in [-0.3, -0.25) is 14.6 Å². The van der Waals surface area contributed by atoms with Gasteiger partial charge in [0.25, 0.3) is 0 Å². The van der Waals surface area contributed by atoms with Crippen LogP contribution in [0.25, 0.3) is 20.5 Å². The van der Waals surface area contributed by atoms with Gasteiger partial charge in [-0.05, 0) is 60.2 Å². The van der Waals surface area contributed by atoms with Crippen LogP contribution in [0.3, 0.4) is 0 Å². The van der Waals surface area contributed by atoms with Crippen molar-refractivity contribution in [3.8, 4) is 33.4 Å². The summed E-state index contributed by atoms with van der Waals surface area (Å²) in [5.74, 6) is 1.68. The van der Waals surface area contributed by atoms with E-state index >= 15 is 0 Å². The molecule has 7 nitrogen and oxygen atoms in total. The number of fused-ring (bicyclic) bond motifs is 1. The lowest BCUT2D eigenvalue weighted by molar-refractivity contribution is -0.138. The Morgan fingerprint density at radius 1 is 0.919 bits per heavy atom. The lowest BCUT2D eigenvalue weighted by atomic mass is 10.1. The highest BCUT2D eigenvalue weighted by Gasteiger charge is 2.19. The number of nitrogens with zero attached hydrogens (tertiary/aromatic N) is 2. The third kappa shape index (κ3) is 6.42. The predicted octanol–water partition coefficient (Wildman–Crippen LogP) is 5.91. The molecule has 1 aliphatic heterocycles. The number of rotatable bonds is 9. The Morgan fingerprint density at radius 3 is 2.30 bits per heavy atom. The van der Waals surface area contributed by atoms with Crippen molar-refractivity contribution in [2.75, 3.05) is 45.9 Å². The van der Waals surface area contributed by atoms with Crippen molar-refractivity contribution in [1.82, 2.24) is 9.80 Å². The number of hydrogen-bond acceptors (Lipinski definition) is 7. The van der Waals surface area contributed by atoms with Gasteiger partial charge < -0.3 is 19.7 Å². The van der Waals surface area contributed by atoms with Crippen LogP contribution >= 0.6 is 27.3 Å². The summed E-state index contributed by atoms with van der Waals surface area (Å²) in [5, 5.41) is 19.8. The zero-order chi connectivity index (χ0) is 25.8. The summed E-state index contributed by atoms with van der Waals surface area (Å²) in [6.45, 7) is 4.67. The van der Waals surface area contributed by atoms with E-state index in [-0.39, 0.29) is 12.3 Å². The first-order chi connectivity index (χ1) is 17.9. The molecule has 1 aromatic heterocycles. The van der Waals surface area contributed by atoms with Crippen molar-refractivity contribution in [3.63, 3.8) is 0 Å². The van der Waals surface area contributed by atoms with E-state index < -0.39 is 5.97 Å². The maximum Gasteiger partial charge on any atom is 0.317 e. The van der Waals surface area contributed by atoms with Gasteiger partial charge in [-0.25, -0.2) is 0 Å². The molecule has 0 bridgehead atoms. The summed E-state index contributed by atoms with van der Waals surface area (Å²) >= 11 is 5.08. The topological polar surface area (TPSA) is 82.5 Å². The SMILES string of the molecule is O=C(O)CN1CCN(CCOc2ccc(Oc3c(-c4ccc(Br)cc4)sc4cc(O)ccc34)cc2)CC1. The first kappa shape index (κ1) is 25.5. The van der Waals surface area contributed by atoms with Crippen molar-refractivity contribution < 1.29 is 24.5 Å². The van der Waals surface area contributed by atoms with Crippen LogP contribution in [-0.2, 0) is 4.79 Å². The van der Waals surface area contributed by atoms with Crippen molar-refractivity contribution in [3.05, 3.63) is 71.2 Å². The van der Waals surface area contributed by atoms with E-state index in [9.17, 15) is 9.90 Å². The van der Waals surface area contributed by atoms with Crippen LogP contribution in [0.2, 0.25) is 0 Å². The van der Waals surface area contributed by atoms with Gasteiger partial charge in [0.2, 0.25) is 0 Å². The Hall–Kier alpha value is -3.11. The highest BCUT2D eigenvalue weighted by molar-refractivity contribution is 9.10. The third-order valence-corrected chi connectivity index (χ3v) is 7.99. The molecule has 1 fully saturated rings. The summed E-state index contributed by atoms with van der Waals surface area (Å²) in [4.78, 5) is 16.1. The number of thiophene rings is 1. The number of carbonyl (C=O) groups is 1. The van der Waals surface area contributed by atoms with Crippen LogP contribution in [0, 0.1) is 0 Å². The molecule has 0 aliphatic carbocycles. The minimum Gasteiger partial charge on any atom is -0.508 e. The van der Waals surface area contributed by atoms with Gasteiger partial charge in [-0.2, -0.15) is 0 Å². The molecule has 0 atom stereocenters. The Kier molecular flexibility index (Phi) is 7.95. The molecule has 2 heterocycles. The van der Waals surface area contributed by atoms with E-state index in [1.807, 2.05) is 59.5 Å². The molecule has 192 valence electrons. The summed E-state index contributed by atoms with van der Waals surface area (Å²) in [6, 6.07) is 21.0. The molecule has 0 amide bonds. The van der Waals surface area contributed by atoms with E-state index in [0.717, 1.165) is 69.2 Å². The molecule has 1 saturated heterocycles. The van der Waals surface area contributed by atoms with Crippen LogP contribution in [0.15, 0.2) is 71.2 Å². The highest BCUT2D eigenvalue weighted by Crippen LogP contribution is 2.47. The van der Waals surface area contributed by atoms with Crippen LogP contribution in [-0.4, -0.2) is 71.9 Å². The second kappa shape index (κ2) is 11.5. The zero-order valence-electron chi connectivity index (χ0n) is 20.1. The number of carboxylic acids is 1. The molecule has 2 N–H and O–H groups in total. The minimum atomic E-state index is -0.778. The molecule has 1 aliphatic rings. The van der Waals surface area contributed by atoms with Crippen molar-refractivity contribution in [2.45, 2.75) is 0 Å². The smallest absolute Gasteiger partial charge is 0.317 e. The second-order valence-corrected chi connectivity index (χ2v) is 10.8. The maximum atomic E-state index is 10.9. The molecule has 0 spiro atoms. The quantitative estimate of drug-likeness (QED) is 0.254. The standard InChI is InChI=1S/C28H27BrN2O5S/c29-20-3-1-19(2-4-20)28-27(24-10-5-21(32)17-25(24)37-28)36-23-8-6-22(7-9-23)35-16-15-30-11-13-31(14-12-30)18-26(33)34/h1-10,17,32H,11-16,18H2,(H,33,34). The summed E-state index contributed by atoms with van der Waals surface area (Å²) in [6.07, 6.45) is 0. The Bertz CT molecular complexity index is 1370. The number of phenols is 1. The monoisotopic (exact) mass is 582 g/mol. The normalized spacial score (nSPS) is 14.6. The number of piperazine rings is 1. The molecule has 9 heteroatoms. The van der Waals surface area contributed by atoms with Crippen molar-refractivity contribution in [1.29, 1.82) is 0 Å². The summed E-state index contributed by atoms with van der Waals surface area (Å²) in [5.41, 5.74) is 1.04. The van der Waals surface area contributed by atoms with Gasteiger partial charge in [-0.1, -0.05) is 28.1 Å². The van der Waals surface area contributed by atoms with Gasteiger partial charge in [0, 0.05) is 47.3 Å². The minimum absolute atomic E-state index is 0.104. The van der Waals surface area contributed by atoms with Crippen LogP contribution in [0.1, 0.15) is 0 Å². The number of hydrogen-bond donors (Lipinski definition) is 2. The Morgan fingerprint density at radius 2 is 1.59 bits per heavy atom. The van der Waals surface area contributed by atoms with Crippen molar-refractivity contribution >= 4 is 43.3 Å². The average molecular weight is 584 g/mol. The number of halogens is 1. The number of aromatic hydroxyl groups is 1. The molecule has 0 saturated carbocycles. The number of carboxylic acid groups (broad SMARTS) is 1. The highest BCUT2D eigenvalue weighted by atomic mass is 79.9. The van der Waals surface area contributed by atoms with Gasteiger partial charge in [-0.15, -0.1) is 11.3 Å². The van der Waals surface area contributed by atoms with Gasteiger partial charge in [0.15, 0.2) is 5.75 Å². The van der Waals surface area contributed by atoms with Crippen LogP contribution in [0.4, 0.5) is 0 Å². The number of phenolic OH excluding ortho intramolecular Hbond substituents is 1. The van der Waals surface area contributed by atoms with E-state index in [1.165, 1.54) is 0 Å². The maximum absolute atomic E-state index is 10.9. The third-order valence-electron chi connectivity index (χ3n) is 6.28. The Balaban J connectivity index is 1.22.